The van der Waals surface area contributed by atoms with Crippen LogP contribution in [0.25, 0.3) is 0 Å². The van der Waals surface area contributed by atoms with Gasteiger partial charge in [0.25, 0.3) is 0 Å². The summed E-state index contributed by atoms with van der Waals surface area (Å²) in [5.41, 5.74) is -0.769. The first-order valence-corrected chi connectivity index (χ1v) is 10.3. The van der Waals surface area contributed by atoms with Gasteiger partial charge in [-0.05, 0) is 101 Å². The van der Waals surface area contributed by atoms with Crippen molar-refractivity contribution in [1.29, 1.82) is 0 Å². The van der Waals surface area contributed by atoms with Crippen LogP contribution < -0.4 is 9.47 Å². The van der Waals surface area contributed by atoms with Gasteiger partial charge in [0.15, 0.2) is 0 Å². The Bertz CT molecular complexity index is 696. The van der Waals surface area contributed by atoms with E-state index in [9.17, 15) is 9.59 Å². The van der Waals surface area contributed by atoms with E-state index in [-0.39, 0.29) is 17.4 Å². The molecule has 4 bridgehead atoms. The molecule has 0 radical (unpaired) electrons. The minimum atomic E-state index is -0.510. The Kier molecular flexibility index (Phi) is 4.56. The second kappa shape index (κ2) is 6.65. The van der Waals surface area contributed by atoms with Crippen LogP contribution in [-0.4, -0.2) is 11.9 Å². The number of benzene rings is 1. The Balaban J connectivity index is 1.40. The molecule has 0 N–H and O–H groups in total. The third-order valence-electron chi connectivity index (χ3n) is 7.15. The smallest absolute Gasteiger partial charge is 0.317 e. The van der Waals surface area contributed by atoms with Crippen LogP contribution in [0.15, 0.2) is 24.3 Å². The van der Waals surface area contributed by atoms with Crippen molar-refractivity contribution in [3.8, 4) is 11.5 Å². The van der Waals surface area contributed by atoms with Crippen molar-refractivity contribution in [2.24, 2.45) is 28.6 Å². The molecule has 0 aromatic heterocycles. The summed E-state index contributed by atoms with van der Waals surface area (Å²) in [5.74, 6) is 2.86. The van der Waals surface area contributed by atoms with Crippen molar-refractivity contribution < 1.29 is 19.1 Å². The number of hydrogen-bond donors (Lipinski definition) is 0. The molecular weight excluding hydrogens is 340 g/mol. The van der Waals surface area contributed by atoms with Gasteiger partial charge in [-0.1, -0.05) is 6.92 Å². The molecule has 0 saturated heterocycles. The summed E-state index contributed by atoms with van der Waals surface area (Å²) in [4.78, 5) is 25.2. The molecule has 4 saturated carbocycles. The number of rotatable bonds is 5. The Morgan fingerprint density at radius 2 is 1.37 bits per heavy atom. The Labute approximate surface area is 161 Å². The van der Waals surface area contributed by atoms with Crippen LogP contribution in [0.1, 0.15) is 65.7 Å². The van der Waals surface area contributed by atoms with Gasteiger partial charge in [-0.25, -0.2) is 0 Å². The van der Waals surface area contributed by atoms with E-state index in [1.165, 1.54) is 19.3 Å². The van der Waals surface area contributed by atoms with Gasteiger partial charge in [0.2, 0.25) is 0 Å². The van der Waals surface area contributed by atoms with Crippen LogP contribution in [0, 0.1) is 28.6 Å². The maximum atomic E-state index is 13.0. The number of ether oxygens (including phenoxy) is 2. The van der Waals surface area contributed by atoms with E-state index in [2.05, 4.69) is 0 Å². The quantitative estimate of drug-likeness (QED) is 0.531. The molecule has 0 spiro atoms. The summed E-state index contributed by atoms with van der Waals surface area (Å²) in [6.07, 6.45) is 7.63. The third kappa shape index (κ3) is 3.51. The molecule has 1 aromatic carbocycles. The molecule has 146 valence electrons. The fourth-order valence-electron chi connectivity index (χ4n) is 5.54. The van der Waals surface area contributed by atoms with Crippen LogP contribution in [0.3, 0.4) is 0 Å². The lowest BCUT2D eigenvalue weighted by molar-refractivity contribution is -0.161. The lowest BCUT2D eigenvalue weighted by Gasteiger charge is -2.55. The standard InChI is InChI=1S/C23H30O4/c1-4-22(2,3)20(24)26-18-5-7-19(8-6-18)27-21(25)23-12-15-9-16(13-23)11-17(10-15)14-23/h5-8,15-17H,4,9-14H2,1-3H3. The van der Waals surface area contributed by atoms with Crippen molar-refractivity contribution in [1.82, 2.24) is 0 Å². The van der Waals surface area contributed by atoms with Gasteiger partial charge in [0.1, 0.15) is 11.5 Å². The molecule has 0 amide bonds. The van der Waals surface area contributed by atoms with Crippen molar-refractivity contribution >= 4 is 11.9 Å². The van der Waals surface area contributed by atoms with E-state index in [0.717, 1.165) is 19.3 Å². The highest BCUT2D eigenvalue weighted by molar-refractivity contribution is 5.80. The summed E-state index contributed by atoms with van der Waals surface area (Å²) in [7, 11) is 0. The molecule has 0 aliphatic heterocycles. The van der Waals surface area contributed by atoms with E-state index in [0.29, 0.717) is 35.7 Å². The van der Waals surface area contributed by atoms with Crippen molar-refractivity contribution in [3.05, 3.63) is 24.3 Å². The summed E-state index contributed by atoms with van der Waals surface area (Å²) in [6, 6.07) is 6.85. The Morgan fingerprint density at radius 1 is 0.926 bits per heavy atom. The minimum absolute atomic E-state index is 0.0570. The number of carbonyl (C=O) groups excluding carboxylic acids is 2. The zero-order valence-electron chi connectivity index (χ0n) is 16.6. The molecule has 27 heavy (non-hydrogen) atoms. The minimum Gasteiger partial charge on any atom is -0.426 e. The van der Waals surface area contributed by atoms with Crippen molar-refractivity contribution in [3.63, 3.8) is 0 Å². The predicted molar refractivity (Wildman–Crippen MR) is 102 cm³/mol. The van der Waals surface area contributed by atoms with E-state index in [4.69, 9.17) is 9.47 Å². The highest BCUT2D eigenvalue weighted by atomic mass is 16.5. The van der Waals surface area contributed by atoms with Crippen LogP contribution in [0.5, 0.6) is 11.5 Å². The highest BCUT2D eigenvalue weighted by Crippen LogP contribution is 2.60. The van der Waals surface area contributed by atoms with Gasteiger partial charge >= 0.3 is 11.9 Å². The number of esters is 2. The number of carbonyl (C=O) groups is 2. The molecule has 0 atom stereocenters. The average molecular weight is 370 g/mol. The topological polar surface area (TPSA) is 52.6 Å². The summed E-state index contributed by atoms with van der Waals surface area (Å²) in [6.45, 7) is 5.71. The second-order valence-electron chi connectivity index (χ2n) is 9.69. The summed E-state index contributed by atoms with van der Waals surface area (Å²) < 4.78 is 11.2. The monoisotopic (exact) mass is 370 g/mol. The fraction of sp³-hybridized carbons (Fsp3) is 0.652. The zero-order valence-corrected chi connectivity index (χ0v) is 16.6. The molecule has 4 aliphatic rings. The Morgan fingerprint density at radius 3 is 1.81 bits per heavy atom. The molecule has 0 unspecified atom stereocenters. The molecule has 5 rings (SSSR count). The first kappa shape index (κ1) is 18.5. The van der Waals surface area contributed by atoms with Crippen molar-refractivity contribution in [2.75, 3.05) is 0 Å². The van der Waals surface area contributed by atoms with Gasteiger partial charge in [-0.2, -0.15) is 0 Å². The van der Waals surface area contributed by atoms with E-state index >= 15 is 0 Å². The summed E-state index contributed by atoms with van der Waals surface area (Å²) in [5, 5.41) is 0. The molecule has 4 heteroatoms. The van der Waals surface area contributed by atoms with Crippen LogP contribution in [0.4, 0.5) is 0 Å². The van der Waals surface area contributed by atoms with Crippen LogP contribution >= 0.6 is 0 Å². The first-order chi connectivity index (χ1) is 12.8. The average Bonchev–Trinajstić information content (AvgIpc) is 2.62. The maximum absolute atomic E-state index is 13.0. The van der Waals surface area contributed by atoms with E-state index in [1.54, 1.807) is 24.3 Å². The highest BCUT2D eigenvalue weighted by Gasteiger charge is 2.55. The number of hydrogen-bond acceptors (Lipinski definition) is 4. The van der Waals surface area contributed by atoms with Crippen LogP contribution in [0.2, 0.25) is 0 Å². The second-order valence-corrected chi connectivity index (χ2v) is 9.69. The van der Waals surface area contributed by atoms with E-state index in [1.807, 2.05) is 20.8 Å². The largest absolute Gasteiger partial charge is 0.426 e. The zero-order chi connectivity index (χ0) is 19.2. The van der Waals surface area contributed by atoms with E-state index < -0.39 is 5.41 Å². The van der Waals surface area contributed by atoms with Gasteiger partial charge in [-0.15, -0.1) is 0 Å². The normalized spacial score (nSPS) is 31.6. The lowest BCUT2D eigenvalue weighted by atomic mass is 9.49. The van der Waals surface area contributed by atoms with Crippen molar-refractivity contribution in [2.45, 2.75) is 65.7 Å². The maximum Gasteiger partial charge on any atom is 0.317 e. The first-order valence-electron chi connectivity index (χ1n) is 10.3. The molecule has 4 fully saturated rings. The molecule has 1 aromatic rings. The predicted octanol–water partition coefficient (Wildman–Crippen LogP) is 5.15. The lowest BCUT2D eigenvalue weighted by Crippen LogP contribution is -2.51. The van der Waals surface area contributed by atoms with Gasteiger partial charge in [-0.3, -0.25) is 9.59 Å². The van der Waals surface area contributed by atoms with Gasteiger partial charge in [0.05, 0.1) is 10.8 Å². The Hall–Kier alpha value is -1.84. The molecule has 4 nitrogen and oxygen atoms in total. The third-order valence-corrected chi connectivity index (χ3v) is 7.15. The van der Waals surface area contributed by atoms with Gasteiger partial charge < -0.3 is 9.47 Å². The molecule has 0 heterocycles. The van der Waals surface area contributed by atoms with Gasteiger partial charge in [0, 0.05) is 0 Å². The fourth-order valence-corrected chi connectivity index (χ4v) is 5.54. The SMILES string of the molecule is CCC(C)(C)C(=O)Oc1ccc(OC(=O)C23CC4CC(CC(C4)C2)C3)cc1. The van der Waals surface area contributed by atoms with Crippen LogP contribution in [-0.2, 0) is 9.59 Å². The molecular formula is C23H30O4. The summed E-state index contributed by atoms with van der Waals surface area (Å²) >= 11 is 0. The molecule has 4 aliphatic carbocycles.